The van der Waals surface area contributed by atoms with Crippen molar-refractivity contribution in [2.24, 2.45) is 0 Å². The highest BCUT2D eigenvalue weighted by molar-refractivity contribution is 9.10. The predicted molar refractivity (Wildman–Crippen MR) is 143 cm³/mol. The molecule has 1 heterocycles. The molecule has 0 aromatic heterocycles. The van der Waals surface area contributed by atoms with Crippen molar-refractivity contribution in [2.75, 3.05) is 18.6 Å². The Bertz CT molecular complexity index is 1340. The third-order valence-corrected chi connectivity index (χ3v) is 6.03. The molecular weight excluding hydrogens is 540 g/mol. The molecule has 0 saturated carbocycles. The van der Waals surface area contributed by atoms with Gasteiger partial charge in [0.2, 0.25) is 0 Å². The monoisotopic (exact) mass is 564 g/mol. The summed E-state index contributed by atoms with van der Waals surface area (Å²) in [6.07, 6.45) is 2.19. The van der Waals surface area contributed by atoms with Crippen LogP contribution in [-0.2, 0) is 16.2 Å². The van der Waals surface area contributed by atoms with Crippen LogP contribution in [0.25, 0.3) is 6.08 Å². The van der Waals surface area contributed by atoms with Crippen molar-refractivity contribution in [2.45, 2.75) is 20.0 Å². The molecule has 9 heteroatoms. The first-order valence-corrected chi connectivity index (χ1v) is 12.4. The molecule has 37 heavy (non-hydrogen) atoms. The first kappa shape index (κ1) is 26.0. The van der Waals surface area contributed by atoms with Crippen LogP contribution in [-0.4, -0.2) is 31.6 Å². The zero-order valence-corrected chi connectivity index (χ0v) is 21.9. The molecule has 190 valence electrons. The van der Waals surface area contributed by atoms with Crippen molar-refractivity contribution in [3.05, 3.63) is 87.9 Å². The zero-order chi connectivity index (χ0) is 26.4. The molecule has 1 aliphatic rings. The van der Waals surface area contributed by atoms with Crippen LogP contribution in [0.2, 0.25) is 0 Å². The average molecular weight is 565 g/mol. The number of imide groups is 2. The number of halogens is 1. The fourth-order valence-corrected chi connectivity index (χ4v) is 3.85. The number of urea groups is 1. The molecule has 0 spiro atoms. The smallest absolute Gasteiger partial charge is 0.335 e. The van der Waals surface area contributed by atoms with E-state index in [1.807, 2.05) is 31.2 Å². The van der Waals surface area contributed by atoms with Crippen molar-refractivity contribution in [1.82, 2.24) is 5.32 Å². The number of barbiturate groups is 1. The van der Waals surface area contributed by atoms with E-state index in [0.29, 0.717) is 41.7 Å². The summed E-state index contributed by atoms with van der Waals surface area (Å²) in [7, 11) is 1.54. The van der Waals surface area contributed by atoms with Crippen LogP contribution < -0.4 is 24.4 Å². The van der Waals surface area contributed by atoms with Crippen LogP contribution in [0.1, 0.15) is 24.5 Å². The van der Waals surface area contributed by atoms with Gasteiger partial charge in [-0.15, -0.1) is 0 Å². The number of amides is 4. The third kappa shape index (κ3) is 6.18. The summed E-state index contributed by atoms with van der Waals surface area (Å²) in [6, 6.07) is 18.5. The van der Waals surface area contributed by atoms with Crippen molar-refractivity contribution in [1.29, 1.82) is 0 Å². The number of anilines is 1. The Morgan fingerprint density at radius 1 is 0.919 bits per heavy atom. The topological polar surface area (TPSA) is 94.2 Å². The zero-order valence-electron chi connectivity index (χ0n) is 20.3. The number of nitrogens with one attached hydrogen (secondary N) is 1. The molecule has 0 radical (unpaired) electrons. The molecule has 4 amide bonds. The minimum Gasteiger partial charge on any atom is -0.497 e. The Morgan fingerprint density at radius 2 is 1.62 bits per heavy atom. The van der Waals surface area contributed by atoms with E-state index < -0.39 is 17.8 Å². The summed E-state index contributed by atoms with van der Waals surface area (Å²) in [4.78, 5) is 39.4. The summed E-state index contributed by atoms with van der Waals surface area (Å²) in [5.41, 5.74) is 1.61. The highest BCUT2D eigenvalue weighted by Crippen LogP contribution is 2.29. The van der Waals surface area contributed by atoms with Gasteiger partial charge in [0, 0.05) is 16.1 Å². The highest BCUT2D eigenvalue weighted by atomic mass is 79.9. The van der Waals surface area contributed by atoms with Crippen LogP contribution in [0.4, 0.5) is 10.5 Å². The Balaban J connectivity index is 1.55. The third-order valence-electron chi connectivity index (χ3n) is 5.50. The normalized spacial score (nSPS) is 14.5. The average Bonchev–Trinajstić information content (AvgIpc) is 2.90. The van der Waals surface area contributed by atoms with Gasteiger partial charge >= 0.3 is 6.03 Å². The lowest BCUT2D eigenvalue weighted by atomic mass is 10.1. The Morgan fingerprint density at radius 3 is 2.30 bits per heavy atom. The second kappa shape index (κ2) is 11.7. The van der Waals surface area contributed by atoms with Gasteiger partial charge in [-0.05, 0) is 66.6 Å². The number of ether oxygens (including phenoxy) is 3. The summed E-state index contributed by atoms with van der Waals surface area (Å²) in [5.74, 6) is 0.0868. The lowest BCUT2D eigenvalue weighted by molar-refractivity contribution is -0.122. The van der Waals surface area contributed by atoms with Crippen molar-refractivity contribution < 1.29 is 28.6 Å². The van der Waals surface area contributed by atoms with Gasteiger partial charge in [-0.1, -0.05) is 35.0 Å². The first-order chi connectivity index (χ1) is 17.9. The summed E-state index contributed by atoms with van der Waals surface area (Å²) < 4.78 is 17.8. The van der Waals surface area contributed by atoms with Gasteiger partial charge in [0.1, 0.15) is 29.4 Å². The van der Waals surface area contributed by atoms with Gasteiger partial charge in [-0.2, -0.15) is 0 Å². The van der Waals surface area contributed by atoms with E-state index in [4.69, 9.17) is 14.2 Å². The predicted octanol–water partition coefficient (Wildman–Crippen LogP) is 5.49. The van der Waals surface area contributed by atoms with Crippen LogP contribution >= 0.6 is 15.9 Å². The quantitative estimate of drug-likeness (QED) is 0.273. The lowest BCUT2D eigenvalue weighted by Gasteiger charge is -2.26. The van der Waals surface area contributed by atoms with E-state index >= 15 is 0 Å². The van der Waals surface area contributed by atoms with Crippen LogP contribution in [0, 0.1) is 0 Å². The fraction of sp³-hybridized carbons (Fsp3) is 0.179. The molecular formula is C28H25BrN2O6. The van der Waals surface area contributed by atoms with Gasteiger partial charge in [0.15, 0.2) is 0 Å². The van der Waals surface area contributed by atoms with E-state index in [1.54, 1.807) is 42.5 Å². The van der Waals surface area contributed by atoms with Crippen LogP contribution in [0.3, 0.4) is 0 Å². The number of benzene rings is 3. The van der Waals surface area contributed by atoms with Crippen molar-refractivity contribution >= 4 is 45.5 Å². The number of carbonyl (C=O) groups is 3. The van der Waals surface area contributed by atoms with E-state index in [1.165, 1.54) is 13.2 Å². The molecule has 1 fully saturated rings. The lowest BCUT2D eigenvalue weighted by Crippen LogP contribution is -2.54. The first-order valence-electron chi connectivity index (χ1n) is 11.6. The van der Waals surface area contributed by atoms with Crippen LogP contribution in [0.15, 0.2) is 76.8 Å². The maximum Gasteiger partial charge on any atom is 0.335 e. The molecule has 3 aromatic carbocycles. The standard InChI is InChI=1S/C28H25BrN2O6/c1-3-14-36-25-16-23(35-2)11-6-19(25)15-24-26(32)30-28(34)31(27(24)33)21-9-12-22(13-10-21)37-17-18-4-7-20(29)8-5-18/h4-13,15-16H,3,14,17H2,1-2H3,(H,30,32,34)/b24-15+. The molecule has 0 atom stereocenters. The second-order valence-electron chi connectivity index (χ2n) is 8.12. The van der Waals surface area contributed by atoms with E-state index in [-0.39, 0.29) is 5.57 Å². The number of carbonyl (C=O) groups excluding carboxylic acids is 3. The number of methoxy groups -OCH3 is 1. The molecule has 8 nitrogen and oxygen atoms in total. The molecule has 0 aliphatic carbocycles. The fourth-order valence-electron chi connectivity index (χ4n) is 3.58. The van der Waals surface area contributed by atoms with Gasteiger partial charge in [-0.3, -0.25) is 14.9 Å². The summed E-state index contributed by atoms with van der Waals surface area (Å²) >= 11 is 3.40. The van der Waals surface area contributed by atoms with Crippen molar-refractivity contribution in [3.8, 4) is 17.2 Å². The van der Waals surface area contributed by atoms with Gasteiger partial charge in [0.25, 0.3) is 11.8 Å². The molecule has 1 aliphatic heterocycles. The number of nitrogens with zero attached hydrogens (tertiary/aromatic N) is 1. The van der Waals surface area contributed by atoms with Gasteiger partial charge < -0.3 is 14.2 Å². The minimum atomic E-state index is -0.826. The number of hydrogen-bond acceptors (Lipinski definition) is 6. The van der Waals surface area contributed by atoms with Crippen molar-refractivity contribution in [3.63, 3.8) is 0 Å². The van der Waals surface area contributed by atoms with Crippen LogP contribution in [0.5, 0.6) is 17.2 Å². The molecule has 0 unspecified atom stereocenters. The largest absolute Gasteiger partial charge is 0.497 e. The highest BCUT2D eigenvalue weighted by Gasteiger charge is 2.37. The van der Waals surface area contributed by atoms with E-state index in [0.717, 1.165) is 21.4 Å². The maximum absolute atomic E-state index is 13.3. The Kier molecular flexibility index (Phi) is 8.25. The summed E-state index contributed by atoms with van der Waals surface area (Å²) in [6.45, 7) is 2.78. The number of hydrogen-bond donors (Lipinski definition) is 1. The molecule has 1 N–H and O–H groups in total. The van der Waals surface area contributed by atoms with Gasteiger partial charge in [-0.25, -0.2) is 9.69 Å². The SMILES string of the molecule is CCCOc1cc(OC)ccc1/C=C1\C(=O)NC(=O)N(c2ccc(OCc3ccc(Br)cc3)cc2)C1=O. The molecule has 4 rings (SSSR count). The second-order valence-corrected chi connectivity index (χ2v) is 9.03. The molecule has 0 bridgehead atoms. The van der Waals surface area contributed by atoms with E-state index in [2.05, 4.69) is 21.2 Å². The number of rotatable bonds is 9. The molecule has 3 aromatic rings. The minimum absolute atomic E-state index is 0.193. The Labute approximate surface area is 223 Å². The summed E-state index contributed by atoms with van der Waals surface area (Å²) in [5, 5.41) is 2.24. The Hall–Kier alpha value is -4.11. The molecule has 1 saturated heterocycles. The van der Waals surface area contributed by atoms with Gasteiger partial charge in [0.05, 0.1) is 19.4 Å². The maximum atomic E-state index is 13.3. The van der Waals surface area contributed by atoms with E-state index in [9.17, 15) is 14.4 Å².